The van der Waals surface area contributed by atoms with E-state index in [1.165, 1.54) is 12.4 Å². The minimum Gasteiger partial charge on any atom is -0.493 e. The summed E-state index contributed by atoms with van der Waals surface area (Å²) >= 11 is 0. The molecule has 34 heavy (non-hydrogen) atoms. The van der Waals surface area contributed by atoms with Crippen LogP contribution in [0.1, 0.15) is 22.8 Å². The van der Waals surface area contributed by atoms with Crippen molar-refractivity contribution in [2.24, 2.45) is 0 Å². The molecule has 2 aromatic carbocycles. The molecular weight excluding hydrogens is 442 g/mol. The maximum Gasteiger partial charge on any atom is 0.353 e. The summed E-state index contributed by atoms with van der Waals surface area (Å²) in [5.41, 5.74) is 1.41. The SMILES string of the molecule is CCOC(=O)c1cccc(Nc2ncnc(NCCc3ccc(OC)c(OC)c3)c2[N+](=O)[O-])c1. The number of carbonyl (C=O) groups excluding carboxylic acids is 1. The van der Waals surface area contributed by atoms with Crippen LogP contribution in [0.3, 0.4) is 0 Å². The molecule has 2 N–H and O–H groups in total. The average molecular weight is 467 g/mol. The summed E-state index contributed by atoms with van der Waals surface area (Å²) in [7, 11) is 3.12. The van der Waals surface area contributed by atoms with Crippen molar-refractivity contribution >= 4 is 29.0 Å². The Labute approximate surface area is 196 Å². The van der Waals surface area contributed by atoms with E-state index in [2.05, 4.69) is 20.6 Å². The number of nitrogens with one attached hydrogen (secondary N) is 2. The molecule has 1 aromatic heterocycles. The van der Waals surface area contributed by atoms with Gasteiger partial charge in [0.1, 0.15) is 6.33 Å². The summed E-state index contributed by atoms with van der Waals surface area (Å²) in [6, 6.07) is 12.0. The smallest absolute Gasteiger partial charge is 0.353 e. The monoisotopic (exact) mass is 467 g/mol. The number of nitrogens with zero attached hydrogens (tertiary/aromatic N) is 3. The number of rotatable bonds is 11. The number of nitro groups is 1. The molecule has 11 heteroatoms. The van der Waals surface area contributed by atoms with Gasteiger partial charge in [-0.3, -0.25) is 10.1 Å². The van der Waals surface area contributed by atoms with Crippen molar-refractivity contribution in [3.8, 4) is 11.5 Å². The molecule has 0 aliphatic carbocycles. The van der Waals surface area contributed by atoms with E-state index < -0.39 is 10.9 Å². The minimum absolute atomic E-state index is 0.00498. The third-order valence-electron chi connectivity index (χ3n) is 4.80. The number of hydrogen-bond acceptors (Lipinski definition) is 10. The topological polar surface area (TPSA) is 138 Å². The molecule has 0 saturated carbocycles. The van der Waals surface area contributed by atoms with Gasteiger partial charge >= 0.3 is 11.7 Å². The van der Waals surface area contributed by atoms with Crippen LogP contribution in [0, 0.1) is 10.1 Å². The molecule has 3 rings (SSSR count). The summed E-state index contributed by atoms with van der Waals surface area (Å²) in [5, 5.41) is 17.7. The van der Waals surface area contributed by atoms with Crippen molar-refractivity contribution in [2.75, 3.05) is 38.0 Å². The lowest BCUT2D eigenvalue weighted by molar-refractivity contribution is -0.383. The zero-order chi connectivity index (χ0) is 24.5. The van der Waals surface area contributed by atoms with E-state index in [0.717, 1.165) is 5.56 Å². The Hall–Kier alpha value is -4.41. The van der Waals surface area contributed by atoms with Crippen LogP contribution in [0.5, 0.6) is 11.5 Å². The van der Waals surface area contributed by atoms with E-state index in [1.54, 1.807) is 45.4 Å². The van der Waals surface area contributed by atoms with Gasteiger partial charge in [0.15, 0.2) is 11.5 Å². The second-order valence-corrected chi connectivity index (χ2v) is 6.97. The van der Waals surface area contributed by atoms with Gasteiger partial charge in [-0.15, -0.1) is 0 Å². The summed E-state index contributed by atoms with van der Waals surface area (Å²) < 4.78 is 15.5. The molecule has 178 valence electrons. The van der Waals surface area contributed by atoms with E-state index in [1.807, 2.05) is 12.1 Å². The van der Waals surface area contributed by atoms with E-state index in [-0.39, 0.29) is 23.9 Å². The van der Waals surface area contributed by atoms with Gasteiger partial charge in [-0.25, -0.2) is 14.8 Å². The molecule has 0 aliphatic heterocycles. The number of anilines is 3. The molecule has 0 radical (unpaired) electrons. The summed E-state index contributed by atoms with van der Waals surface area (Å²) in [4.78, 5) is 31.3. The van der Waals surface area contributed by atoms with Gasteiger partial charge in [0, 0.05) is 12.2 Å². The number of ether oxygens (including phenoxy) is 3. The third kappa shape index (κ3) is 5.88. The van der Waals surface area contributed by atoms with Crippen LogP contribution in [0.25, 0.3) is 0 Å². The van der Waals surface area contributed by atoms with Gasteiger partial charge in [0.2, 0.25) is 11.6 Å². The highest BCUT2D eigenvalue weighted by Crippen LogP contribution is 2.32. The van der Waals surface area contributed by atoms with E-state index >= 15 is 0 Å². The van der Waals surface area contributed by atoms with Gasteiger partial charge < -0.3 is 24.8 Å². The van der Waals surface area contributed by atoms with Crippen molar-refractivity contribution in [1.29, 1.82) is 0 Å². The second kappa shape index (κ2) is 11.5. The highest BCUT2D eigenvalue weighted by molar-refractivity contribution is 5.91. The van der Waals surface area contributed by atoms with Crippen LogP contribution in [-0.2, 0) is 11.2 Å². The Morgan fingerprint density at radius 1 is 1.06 bits per heavy atom. The molecule has 3 aromatic rings. The molecule has 0 spiro atoms. The quantitative estimate of drug-likeness (QED) is 0.242. The number of esters is 1. The summed E-state index contributed by atoms with van der Waals surface area (Å²) in [5.74, 6) is 0.804. The maximum absolute atomic E-state index is 12.0. The van der Waals surface area contributed by atoms with Crippen molar-refractivity contribution in [3.63, 3.8) is 0 Å². The van der Waals surface area contributed by atoms with Crippen LogP contribution in [-0.4, -0.2) is 48.2 Å². The van der Waals surface area contributed by atoms with Gasteiger partial charge in [-0.05, 0) is 49.2 Å². The molecule has 0 saturated heterocycles. The van der Waals surface area contributed by atoms with E-state index in [4.69, 9.17) is 14.2 Å². The average Bonchev–Trinajstić information content (AvgIpc) is 2.84. The predicted molar refractivity (Wildman–Crippen MR) is 126 cm³/mol. The lowest BCUT2D eigenvalue weighted by Gasteiger charge is -2.12. The first-order chi connectivity index (χ1) is 16.5. The van der Waals surface area contributed by atoms with E-state index in [9.17, 15) is 14.9 Å². The van der Waals surface area contributed by atoms with Crippen molar-refractivity contribution in [1.82, 2.24) is 9.97 Å². The molecule has 1 heterocycles. The number of carbonyl (C=O) groups is 1. The Kier molecular flexibility index (Phi) is 8.16. The fraction of sp³-hybridized carbons (Fsp3) is 0.261. The Balaban J connectivity index is 1.76. The normalized spacial score (nSPS) is 10.3. The molecule has 0 fully saturated rings. The van der Waals surface area contributed by atoms with Crippen LogP contribution in [0.15, 0.2) is 48.8 Å². The Bertz CT molecular complexity index is 1170. The highest BCUT2D eigenvalue weighted by Gasteiger charge is 2.23. The fourth-order valence-electron chi connectivity index (χ4n) is 3.21. The molecule has 0 amide bonds. The first-order valence-electron chi connectivity index (χ1n) is 10.4. The van der Waals surface area contributed by atoms with Gasteiger partial charge in [-0.1, -0.05) is 12.1 Å². The molecule has 0 atom stereocenters. The van der Waals surface area contributed by atoms with Crippen LogP contribution in [0.4, 0.5) is 23.0 Å². The number of benzene rings is 2. The lowest BCUT2D eigenvalue weighted by Crippen LogP contribution is -2.11. The van der Waals surface area contributed by atoms with Gasteiger partial charge in [0.05, 0.1) is 31.3 Å². The number of aromatic nitrogens is 2. The molecular formula is C23H25N5O6. The summed E-state index contributed by atoms with van der Waals surface area (Å²) in [6.45, 7) is 2.33. The standard InChI is InChI=1S/C23H25N5O6/c1-4-34-23(29)16-6-5-7-17(13-16)27-22-20(28(30)31)21(25-14-26-22)24-11-10-15-8-9-18(32-2)19(12-15)33-3/h5-9,12-14H,4,10-11H2,1-3H3,(H2,24,25,26,27). The predicted octanol–water partition coefficient (Wildman–Crippen LogP) is 3.98. The molecule has 11 nitrogen and oxygen atoms in total. The Morgan fingerprint density at radius 2 is 1.82 bits per heavy atom. The zero-order valence-corrected chi connectivity index (χ0v) is 19.0. The van der Waals surface area contributed by atoms with Crippen LogP contribution >= 0.6 is 0 Å². The minimum atomic E-state index is -0.559. The molecule has 0 bridgehead atoms. The first-order valence-corrected chi connectivity index (χ1v) is 10.4. The van der Waals surface area contributed by atoms with Gasteiger partial charge in [-0.2, -0.15) is 0 Å². The first kappa shape index (κ1) is 24.2. The summed E-state index contributed by atoms with van der Waals surface area (Å²) in [6.07, 6.45) is 1.79. The van der Waals surface area contributed by atoms with Crippen molar-refractivity contribution < 1.29 is 23.9 Å². The Morgan fingerprint density at radius 3 is 2.53 bits per heavy atom. The lowest BCUT2D eigenvalue weighted by atomic mass is 10.1. The van der Waals surface area contributed by atoms with E-state index in [0.29, 0.717) is 35.7 Å². The fourth-order valence-corrected chi connectivity index (χ4v) is 3.21. The van der Waals surface area contributed by atoms with Gasteiger partial charge in [0.25, 0.3) is 0 Å². The van der Waals surface area contributed by atoms with Crippen LogP contribution < -0.4 is 20.1 Å². The zero-order valence-electron chi connectivity index (χ0n) is 19.0. The molecule has 0 aliphatic rings. The molecule has 0 unspecified atom stereocenters. The third-order valence-corrected chi connectivity index (χ3v) is 4.80. The highest BCUT2D eigenvalue weighted by atomic mass is 16.6. The largest absolute Gasteiger partial charge is 0.493 e. The number of hydrogen-bond donors (Lipinski definition) is 2. The maximum atomic E-state index is 12.0. The van der Waals surface area contributed by atoms with Crippen LogP contribution in [0.2, 0.25) is 0 Å². The van der Waals surface area contributed by atoms with Crippen molar-refractivity contribution in [2.45, 2.75) is 13.3 Å². The van der Waals surface area contributed by atoms with Crippen molar-refractivity contribution in [3.05, 3.63) is 70.0 Å². The second-order valence-electron chi connectivity index (χ2n) is 6.97. The number of methoxy groups -OCH3 is 2.